The van der Waals surface area contributed by atoms with E-state index in [2.05, 4.69) is 5.32 Å². The van der Waals surface area contributed by atoms with Crippen LogP contribution < -0.4 is 15.8 Å². The van der Waals surface area contributed by atoms with Crippen molar-refractivity contribution in [2.24, 2.45) is 5.92 Å². The third kappa shape index (κ3) is 4.79. The monoisotopic (exact) mass is 266 g/mol. The first-order chi connectivity index (χ1) is 9.08. The third-order valence-corrected chi connectivity index (χ3v) is 2.63. The fourth-order valence-electron chi connectivity index (χ4n) is 1.69. The molecule has 0 aliphatic rings. The number of amides is 1. The van der Waals surface area contributed by atoms with Crippen molar-refractivity contribution in [3.63, 3.8) is 0 Å². The van der Waals surface area contributed by atoms with Gasteiger partial charge in [-0.3, -0.25) is 4.79 Å². The minimum atomic E-state index is -0.141. The van der Waals surface area contributed by atoms with Gasteiger partial charge in [-0.25, -0.2) is 0 Å². The van der Waals surface area contributed by atoms with Crippen molar-refractivity contribution in [3.05, 3.63) is 23.8 Å². The summed E-state index contributed by atoms with van der Waals surface area (Å²) < 4.78 is 10.3. The van der Waals surface area contributed by atoms with Gasteiger partial charge in [0.15, 0.2) is 0 Å². The summed E-state index contributed by atoms with van der Waals surface area (Å²) in [6, 6.07) is 5.05. The topological polar surface area (TPSA) is 73.6 Å². The highest BCUT2D eigenvalue weighted by molar-refractivity contribution is 5.95. The van der Waals surface area contributed by atoms with Crippen molar-refractivity contribution in [1.29, 1.82) is 0 Å². The Morgan fingerprint density at radius 3 is 2.79 bits per heavy atom. The van der Waals surface area contributed by atoms with E-state index in [0.29, 0.717) is 36.8 Å². The van der Waals surface area contributed by atoms with Crippen LogP contribution in [0, 0.1) is 5.92 Å². The number of nitrogens with one attached hydrogen (secondary N) is 1. The van der Waals surface area contributed by atoms with Gasteiger partial charge in [0.1, 0.15) is 5.75 Å². The molecule has 1 rings (SSSR count). The predicted molar refractivity (Wildman–Crippen MR) is 75.4 cm³/mol. The van der Waals surface area contributed by atoms with Gasteiger partial charge >= 0.3 is 0 Å². The summed E-state index contributed by atoms with van der Waals surface area (Å²) >= 11 is 0. The maximum absolute atomic E-state index is 11.9. The average molecular weight is 266 g/mol. The maximum Gasteiger partial charge on any atom is 0.251 e. The summed E-state index contributed by atoms with van der Waals surface area (Å²) in [5, 5.41) is 2.85. The van der Waals surface area contributed by atoms with Crippen LogP contribution in [-0.4, -0.2) is 32.8 Å². The molecule has 0 bridgehead atoms. The molecule has 0 saturated carbocycles. The SMILES string of the molecule is CCOc1ccc(C(=O)NCC(C)COC)cc1N. The lowest BCUT2D eigenvalue weighted by atomic mass is 10.1. The first kappa shape index (κ1) is 15.3. The zero-order chi connectivity index (χ0) is 14.3. The molecule has 1 aromatic carbocycles. The van der Waals surface area contributed by atoms with Gasteiger partial charge in [-0.2, -0.15) is 0 Å². The van der Waals surface area contributed by atoms with E-state index in [0.717, 1.165) is 0 Å². The van der Waals surface area contributed by atoms with E-state index in [-0.39, 0.29) is 11.8 Å². The Morgan fingerprint density at radius 2 is 2.21 bits per heavy atom. The van der Waals surface area contributed by atoms with E-state index in [1.165, 1.54) is 0 Å². The molecule has 0 heterocycles. The Balaban J connectivity index is 2.60. The number of methoxy groups -OCH3 is 1. The number of hydrogen-bond acceptors (Lipinski definition) is 4. The number of anilines is 1. The highest BCUT2D eigenvalue weighted by Gasteiger charge is 2.10. The zero-order valence-corrected chi connectivity index (χ0v) is 11.7. The van der Waals surface area contributed by atoms with Crippen molar-refractivity contribution < 1.29 is 14.3 Å². The Labute approximate surface area is 114 Å². The van der Waals surface area contributed by atoms with Gasteiger partial charge in [-0.05, 0) is 31.0 Å². The van der Waals surface area contributed by atoms with E-state index in [1.807, 2.05) is 13.8 Å². The molecule has 0 fully saturated rings. The molecule has 1 atom stereocenters. The Bertz CT molecular complexity index is 421. The van der Waals surface area contributed by atoms with E-state index < -0.39 is 0 Å². The summed E-state index contributed by atoms with van der Waals surface area (Å²) in [6.07, 6.45) is 0. The summed E-state index contributed by atoms with van der Waals surface area (Å²) in [4.78, 5) is 11.9. The summed E-state index contributed by atoms with van der Waals surface area (Å²) in [5.41, 5.74) is 6.83. The van der Waals surface area contributed by atoms with Crippen LogP contribution in [0.5, 0.6) is 5.75 Å². The quantitative estimate of drug-likeness (QED) is 0.736. The molecule has 0 aliphatic carbocycles. The van der Waals surface area contributed by atoms with Crippen molar-refractivity contribution in [2.75, 3.05) is 32.6 Å². The Hall–Kier alpha value is -1.75. The first-order valence-electron chi connectivity index (χ1n) is 6.38. The number of rotatable bonds is 7. The average Bonchev–Trinajstić information content (AvgIpc) is 2.39. The largest absolute Gasteiger partial charge is 0.492 e. The number of ether oxygens (including phenoxy) is 2. The van der Waals surface area contributed by atoms with Gasteiger partial charge in [0.25, 0.3) is 5.91 Å². The number of carbonyl (C=O) groups excluding carboxylic acids is 1. The summed E-state index contributed by atoms with van der Waals surface area (Å²) in [6.45, 7) is 5.63. The summed E-state index contributed by atoms with van der Waals surface area (Å²) in [7, 11) is 1.64. The van der Waals surface area contributed by atoms with E-state index in [9.17, 15) is 4.79 Å². The lowest BCUT2D eigenvalue weighted by Crippen LogP contribution is -2.29. The Morgan fingerprint density at radius 1 is 1.47 bits per heavy atom. The zero-order valence-electron chi connectivity index (χ0n) is 11.7. The Kier molecular flexibility index (Phi) is 6.15. The van der Waals surface area contributed by atoms with Crippen molar-refractivity contribution in [3.8, 4) is 5.75 Å². The second-order valence-corrected chi connectivity index (χ2v) is 4.46. The van der Waals surface area contributed by atoms with Crippen LogP contribution in [-0.2, 0) is 4.74 Å². The number of hydrogen-bond donors (Lipinski definition) is 2. The van der Waals surface area contributed by atoms with Crippen molar-refractivity contribution in [2.45, 2.75) is 13.8 Å². The van der Waals surface area contributed by atoms with Crippen LogP contribution in [0.2, 0.25) is 0 Å². The van der Waals surface area contributed by atoms with E-state index in [1.54, 1.807) is 25.3 Å². The highest BCUT2D eigenvalue weighted by Crippen LogP contribution is 2.22. The summed E-state index contributed by atoms with van der Waals surface area (Å²) in [5.74, 6) is 0.735. The fourth-order valence-corrected chi connectivity index (χ4v) is 1.69. The van der Waals surface area contributed by atoms with Gasteiger partial charge in [0.05, 0.1) is 18.9 Å². The molecule has 5 heteroatoms. The minimum Gasteiger partial charge on any atom is -0.492 e. The standard InChI is InChI=1S/C14H22N2O3/c1-4-19-13-6-5-11(7-12(13)15)14(17)16-8-10(2)9-18-3/h5-7,10H,4,8-9,15H2,1-3H3,(H,16,17). The second kappa shape index (κ2) is 7.63. The minimum absolute atomic E-state index is 0.141. The fraction of sp³-hybridized carbons (Fsp3) is 0.500. The molecule has 1 amide bonds. The van der Waals surface area contributed by atoms with Crippen molar-refractivity contribution >= 4 is 11.6 Å². The van der Waals surface area contributed by atoms with Gasteiger partial charge in [0, 0.05) is 19.2 Å². The molecular formula is C14H22N2O3. The number of carbonyl (C=O) groups is 1. The molecular weight excluding hydrogens is 244 g/mol. The molecule has 0 aromatic heterocycles. The van der Waals surface area contributed by atoms with Crippen LogP contribution in [0.4, 0.5) is 5.69 Å². The lowest BCUT2D eigenvalue weighted by Gasteiger charge is -2.12. The van der Waals surface area contributed by atoms with Crippen LogP contribution in [0.3, 0.4) is 0 Å². The van der Waals surface area contributed by atoms with Gasteiger partial charge in [0.2, 0.25) is 0 Å². The molecule has 0 aliphatic heterocycles. The molecule has 0 radical (unpaired) electrons. The van der Waals surface area contributed by atoms with Gasteiger partial charge in [-0.15, -0.1) is 0 Å². The van der Waals surface area contributed by atoms with E-state index in [4.69, 9.17) is 15.2 Å². The van der Waals surface area contributed by atoms with Gasteiger partial charge < -0.3 is 20.5 Å². The molecule has 106 valence electrons. The molecule has 0 saturated heterocycles. The second-order valence-electron chi connectivity index (χ2n) is 4.46. The molecule has 1 unspecified atom stereocenters. The van der Waals surface area contributed by atoms with Crippen LogP contribution in [0.1, 0.15) is 24.2 Å². The smallest absolute Gasteiger partial charge is 0.251 e. The van der Waals surface area contributed by atoms with Crippen LogP contribution >= 0.6 is 0 Å². The molecule has 5 nitrogen and oxygen atoms in total. The number of nitrogen functional groups attached to an aromatic ring is 1. The maximum atomic E-state index is 11.9. The number of nitrogens with two attached hydrogens (primary N) is 1. The van der Waals surface area contributed by atoms with Crippen LogP contribution in [0.25, 0.3) is 0 Å². The normalized spacial score (nSPS) is 11.9. The van der Waals surface area contributed by atoms with Crippen LogP contribution in [0.15, 0.2) is 18.2 Å². The predicted octanol–water partition coefficient (Wildman–Crippen LogP) is 1.68. The van der Waals surface area contributed by atoms with E-state index >= 15 is 0 Å². The van der Waals surface area contributed by atoms with Gasteiger partial charge in [-0.1, -0.05) is 6.92 Å². The molecule has 1 aromatic rings. The highest BCUT2D eigenvalue weighted by atomic mass is 16.5. The number of benzene rings is 1. The van der Waals surface area contributed by atoms with Crippen molar-refractivity contribution in [1.82, 2.24) is 5.32 Å². The molecule has 19 heavy (non-hydrogen) atoms. The molecule has 0 spiro atoms. The third-order valence-electron chi connectivity index (χ3n) is 2.63. The molecule has 3 N–H and O–H groups in total. The lowest BCUT2D eigenvalue weighted by molar-refractivity contribution is 0.0934. The first-order valence-corrected chi connectivity index (χ1v) is 6.38.